The maximum Gasteiger partial charge on any atom is 0.242 e. The van der Waals surface area contributed by atoms with Crippen molar-refractivity contribution < 1.29 is 8.42 Å². The fourth-order valence-corrected chi connectivity index (χ4v) is 3.71. The number of sulfonamides is 1. The Balaban J connectivity index is 2.84. The van der Waals surface area contributed by atoms with Crippen LogP contribution in [0.2, 0.25) is 0 Å². The van der Waals surface area contributed by atoms with Crippen molar-refractivity contribution in [2.45, 2.75) is 18.7 Å². The number of benzene rings is 1. The molecular weight excluding hydrogens is 280 g/mol. The molecular formula is C13H18N2O2S2. The maximum absolute atomic E-state index is 12.2. The van der Waals surface area contributed by atoms with Crippen LogP contribution in [0.1, 0.15) is 11.1 Å². The number of rotatable bonds is 6. The van der Waals surface area contributed by atoms with E-state index >= 15 is 0 Å². The number of nitrogen functional groups attached to an aromatic ring is 1. The lowest BCUT2D eigenvalue weighted by Gasteiger charge is -2.13. The highest BCUT2D eigenvalue weighted by Crippen LogP contribution is 2.24. The van der Waals surface area contributed by atoms with Crippen LogP contribution >= 0.6 is 11.8 Å². The Morgan fingerprint density at radius 3 is 2.74 bits per heavy atom. The molecule has 19 heavy (non-hydrogen) atoms. The summed E-state index contributed by atoms with van der Waals surface area (Å²) in [6.45, 7) is 3.95. The first kappa shape index (κ1) is 15.9. The number of hydrogen-bond donors (Lipinski definition) is 2. The summed E-state index contributed by atoms with van der Waals surface area (Å²) < 4.78 is 27.0. The molecule has 0 amide bonds. The molecule has 0 radical (unpaired) electrons. The van der Waals surface area contributed by atoms with Crippen LogP contribution < -0.4 is 10.5 Å². The first-order chi connectivity index (χ1) is 8.90. The molecule has 6 heteroatoms. The van der Waals surface area contributed by atoms with Gasteiger partial charge in [-0.2, -0.15) is 0 Å². The molecule has 0 atom stereocenters. The summed E-state index contributed by atoms with van der Waals surface area (Å²) in [5.74, 6) is 3.70. The zero-order valence-electron chi connectivity index (χ0n) is 11.1. The molecule has 3 N–H and O–H groups in total. The highest BCUT2D eigenvalue weighted by molar-refractivity contribution is 7.99. The predicted octanol–water partition coefficient (Wildman–Crippen LogP) is 1.53. The SMILES string of the molecule is C#CCSCCNS(=O)(=O)c1c(N)ccc(C)c1C. The summed E-state index contributed by atoms with van der Waals surface area (Å²) in [7, 11) is -3.57. The third-order valence-corrected chi connectivity index (χ3v) is 5.23. The van der Waals surface area contributed by atoms with Crippen LogP contribution in [0.25, 0.3) is 0 Å². The Hall–Kier alpha value is -1.16. The molecule has 1 aromatic carbocycles. The minimum absolute atomic E-state index is 0.175. The number of hydrogen-bond acceptors (Lipinski definition) is 4. The zero-order valence-corrected chi connectivity index (χ0v) is 12.7. The van der Waals surface area contributed by atoms with E-state index in [1.165, 1.54) is 11.8 Å². The van der Waals surface area contributed by atoms with Gasteiger partial charge in [-0.3, -0.25) is 0 Å². The van der Waals surface area contributed by atoms with Crippen molar-refractivity contribution in [3.63, 3.8) is 0 Å². The molecule has 104 valence electrons. The van der Waals surface area contributed by atoms with Gasteiger partial charge in [0.1, 0.15) is 4.90 Å². The number of anilines is 1. The summed E-state index contributed by atoms with van der Waals surface area (Å²) in [5, 5.41) is 0. The molecule has 0 aliphatic heterocycles. The minimum atomic E-state index is -3.57. The average molecular weight is 298 g/mol. The Morgan fingerprint density at radius 2 is 2.11 bits per heavy atom. The molecule has 0 fully saturated rings. The quantitative estimate of drug-likeness (QED) is 0.474. The van der Waals surface area contributed by atoms with Crippen LogP contribution in [0.5, 0.6) is 0 Å². The summed E-state index contributed by atoms with van der Waals surface area (Å²) in [5.41, 5.74) is 7.63. The van der Waals surface area contributed by atoms with Crippen LogP contribution in [0.4, 0.5) is 5.69 Å². The van der Waals surface area contributed by atoms with Gasteiger partial charge in [0.05, 0.1) is 11.4 Å². The molecule has 0 unspecified atom stereocenters. The fraction of sp³-hybridized carbons (Fsp3) is 0.385. The van der Waals surface area contributed by atoms with E-state index in [-0.39, 0.29) is 10.6 Å². The third kappa shape index (κ3) is 4.16. The lowest BCUT2D eigenvalue weighted by atomic mass is 10.1. The van der Waals surface area contributed by atoms with Crippen molar-refractivity contribution in [2.75, 3.05) is 23.8 Å². The molecule has 1 aromatic rings. The molecule has 0 aliphatic rings. The maximum atomic E-state index is 12.2. The summed E-state index contributed by atoms with van der Waals surface area (Å²) >= 11 is 1.51. The zero-order chi connectivity index (χ0) is 14.5. The Bertz CT molecular complexity index is 589. The van der Waals surface area contributed by atoms with Crippen LogP contribution in [0, 0.1) is 26.2 Å². The van der Waals surface area contributed by atoms with E-state index in [0.717, 1.165) is 5.56 Å². The normalized spacial score (nSPS) is 11.2. The molecule has 4 nitrogen and oxygen atoms in total. The van der Waals surface area contributed by atoms with Crippen LogP contribution in [-0.4, -0.2) is 26.5 Å². The van der Waals surface area contributed by atoms with Gasteiger partial charge < -0.3 is 5.73 Å². The molecule has 0 aromatic heterocycles. The van der Waals surface area contributed by atoms with E-state index in [9.17, 15) is 8.42 Å². The van der Waals surface area contributed by atoms with Crippen LogP contribution in [-0.2, 0) is 10.0 Å². The van der Waals surface area contributed by atoms with Gasteiger partial charge in [-0.15, -0.1) is 18.2 Å². The van der Waals surface area contributed by atoms with Gasteiger partial charge in [0.25, 0.3) is 0 Å². The Kier molecular flexibility index (Phi) is 5.73. The van der Waals surface area contributed by atoms with Crippen molar-refractivity contribution >= 4 is 27.5 Å². The van der Waals surface area contributed by atoms with E-state index in [1.54, 1.807) is 13.0 Å². The van der Waals surface area contributed by atoms with E-state index < -0.39 is 10.0 Å². The summed E-state index contributed by atoms with van der Waals surface area (Å²) in [6.07, 6.45) is 5.12. The summed E-state index contributed by atoms with van der Waals surface area (Å²) in [6, 6.07) is 3.43. The highest BCUT2D eigenvalue weighted by atomic mass is 32.2. The van der Waals surface area contributed by atoms with E-state index in [1.807, 2.05) is 13.0 Å². The smallest absolute Gasteiger partial charge is 0.242 e. The second-order valence-electron chi connectivity index (χ2n) is 4.08. The molecule has 1 rings (SSSR count). The number of nitrogens with one attached hydrogen (secondary N) is 1. The Morgan fingerprint density at radius 1 is 1.42 bits per heavy atom. The number of terminal acetylenes is 1. The van der Waals surface area contributed by atoms with Gasteiger partial charge in [-0.05, 0) is 31.0 Å². The van der Waals surface area contributed by atoms with Crippen molar-refractivity contribution in [3.05, 3.63) is 23.3 Å². The lowest BCUT2D eigenvalue weighted by molar-refractivity contribution is 0.584. The minimum Gasteiger partial charge on any atom is -0.398 e. The van der Waals surface area contributed by atoms with E-state index in [2.05, 4.69) is 10.6 Å². The second kappa shape index (κ2) is 6.85. The standard InChI is InChI=1S/C13H18N2O2S2/c1-4-8-18-9-7-15-19(16,17)13-11(3)10(2)5-6-12(13)14/h1,5-6,15H,7-9,14H2,2-3H3. The molecule has 0 saturated carbocycles. The monoisotopic (exact) mass is 298 g/mol. The fourth-order valence-electron chi connectivity index (χ4n) is 1.62. The topological polar surface area (TPSA) is 72.2 Å². The van der Waals surface area contributed by atoms with Gasteiger partial charge >= 0.3 is 0 Å². The van der Waals surface area contributed by atoms with E-state index in [4.69, 9.17) is 12.2 Å². The Labute approximate surface area is 119 Å². The van der Waals surface area contributed by atoms with Crippen LogP contribution in [0.3, 0.4) is 0 Å². The summed E-state index contributed by atoms with van der Waals surface area (Å²) in [4.78, 5) is 0.175. The van der Waals surface area contributed by atoms with E-state index in [0.29, 0.717) is 23.6 Å². The van der Waals surface area contributed by atoms with Gasteiger partial charge in [0, 0.05) is 12.3 Å². The molecule has 0 heterocycles. The second-order valence-corrected chi connectivity index (χ2v) is 6.89. The van der Waals surface area contributed by atoms with Gasteiger partial charge in [0.2, 0.25) is 10.0 Å². The van der Waals surface area contributed by atoms with Crippen molar-refractivity contribution in [2.24, 2.45) is 0 Å². The van der Waals surface area contributed by atoms with Crippen LogP contribution in [0.15, 0.2) is 17.0 Å². The predicted molar refractivity (Wildman–Crippen MR) is 81.7 cm³/mol. The van der Waals surface area contributed by atoms with Gasteiger partial charge in [0.15, 0.2) is 0 Å². The first-order valence-electron chi connectivity index (χ1n) is 5.76. The average Bonchev–Trinajstić information content (AvgIpc) is 2.34. The molecule has 0 bridgehead atoms. The molecule has 0 aliphatic carbocycles. The third-order valence-electron chi connectivity index (χ3n) is 2.70. The highest BCUT2D eigenvalue weighted by Gasteiger charge is 2.20. The number of aryl methyl sites for hydroxylation is 1. The van der Waals surface area contributed by atoms with Gasteiger partial charge in [-0.25, -0.2) is 13.1 Å². The first-order valence-corrected chi connectivity index (χ1v) is 8.40. The molecule has 0 saturated heterocycles. The number of thioether (sulfide) groups is 1. The van der Waals surface area contributed by atoms with Crippen molar-refractivity contribution in [1.82, 2.24) is 4.72 Å². The van der Waals surface area contributed by atoms with Crippen molar-refractivity contribution in [3.8, 4) is 12.3 Å². The number of nitrogens with two attached hydrogens (primary N) is 1. The molecule has 0 spiro atoms. The van der Waals surface area contributed by atoms with Crippen molar-refractivity contribution in [1.29, 1.82) is 0 Å². The van der Waals surface area contributed by atoms with Gasteiger partial charge in [-0.1, -0.05) is 12.0 Å². The largest absolute Gasteiger partial charge is 0.398 e. The lowest BCUT2D eigenvalue weighted by Crippen LogP contribution is -2.27.